The van der Waals surface area contributed by atoms with E-state index >= 15 is 0 Å². The molecule has 1 aliphatic rings. The van der Waals surface area contributed by atoms with E-state index in [2.05, 4.69) is 34.6 Å². The van der Waals surface area contributed by atoms with Crippen LogP contribution in [0.5, 0.6) is 0 Å². The predicted molar refractivity (Wildman–Crippen MR) is 162 cm³/mol. The van der Waals surface area contributed by atoms with E-state index in [1.165, 1.54) is 24.2 Å². The van der Waals surface area contributed by atoms with Gasteiger partial charge < -0.3 is 20.9 Å². The van der Waals surface area contributed by atoms with Crippen molar-refractivity contribution in [2.75, 3.05) is 14.1 Å². The van der Waals surface area contributed by atoms with Crippen molar-refractivity contribution in [2.45, 2.75) is 57.0 Å². The quantitative estimate of drug-likeness (QED) is 0.235. The van der Waals surface area contributed by atoms with E-state index in [9.17, 15) is 9.59 Å². The van der Waals surface area contributed by atoms with Gasteiger partial charge in [0.05, 0.1) is 0 Å². The third-order valence-electron chi connectivity index (χ3n) is 8.28. The van der Waals surface area contributed by atoms with E-state index < -0.39 is 6.04 Å². The van der Waals surface area contributed by atoms with Gasteiger partial charge in [0.15, 0.2) is 0 Å². The number of fused-ring (bicyclic) bond motifs is 1. The van der Waals surface area contributed by atoms with Crippen molar-refractivity contribution >= 4 is 22.7 Å². The number of nitrogens with one attached hydrogen (secondary N) is 2. The molecule has 2 atom stereocenters. The summed E-state index contributed by atoms with van der Waals surface area (Å²) in [4.78, 5) is 31.6. The summed E-state index contributed by atoms with van der Waals surface area (Å²) in [5.41, 5.74) is 13.0. The van der Waals surface area contributed by atoms with Crippen LogP contribution >= 0.6 is 0 Å². The summed E-state index contributed by atoms with van der Waals surface area (Å²) in [7, 11) is 3.43. The Labute approximate surface area is 237 Å². The molecule has 5 rings (SSSR count). The van der Waals surface area contributed by atoms with Crippen molar-refractivity contribution in [3.63, 3.8) is 0 Å². The molecule has 1 saturated carbocycles. The lowest BCUT2D eigenvalue weighted by Gasteiger charge is -2.28. The number of benzene rings is 3. The maximum Gasteiger partial charge on any atom is 0.249 e. The molecule has 0 saturated heterocycles. The van der Waals surface area contributed by atoms with Crippen molar-refractivity contribution in [1.29, 1.82) is 0 Å². The molecule has 1 aromatic heterocycles. The molecule has 2 amide bonds. The molecule has 4 N–H and O–H groups in total. The fourth-order valence-corrected chi connectivity index (χ4v) is 6.02. The van der Waals surface area contributed by atoms with E-state index in [0.717, 1.165) is 51.7 Å². The van der Waals surface area contributed by atoms with Crippen molar-refractivity contribution in [3.8, 4) is 11.1 Å². The number of carbonyl (C=O) groups is 2. The number of hydrogen-bond donors (Lipinski definition) is 3. The summed E-state index contributed by atoms with van der Waals surface area (Å²) in [6.45, 7) is 0. The Morgan fingerprint density at radius 1 is 0.900 bits per heavy atom. The van der Waals surface area contributed by atoms with E-state index in [0.29, 0.717) is 12.3 Å². The summed E-state index contributed by atoms with van der Waals surface area (Å²) >= 11 is 0. The lowest BCUT2D eigenvalue weighted by atomic mass is 9.82. The molecule has 0 bridgehead atoms. The van der Waals surface area contributed by atoms with Gasteiger partial charge in [-0.05, 0) is 53.5 Å². The fourth-order valence-electron chi connectivity index (χ4n) is 6.02. The van der Waals surface area contributed by atoms with Crippen LogP contribution in [-0.4, -0.2) is 35.8 Å². The zero-order valence-electron chi connectivity index (χ0n) is 23.5. The highest BCUT2D eigenvalue weighted by atomic mass is 16.2. The van der Waals surface area contributed by atoms with Crippen LogP contribution in [-0.2, 0) is 16.0 Å². The average Bonchev–Trinajstić information content (AvgIpc) is 3.37. The first-order chi connectivity index (χ1) is 19.4. The lowest BCUT2D eigenvalue weighted by molar-refractivity contribution is -0.134. The largest absolute Gasteiger partial charge is 0.357 e. The number of nitrogens with two attached hydrogens (primary N) is 1. The van der Waals surface area contributed by atoms with Crippen molar-refractivity contribution < 1.29 is 9.59 Å². The SMILES string of the molecule is CN(C)C(=O)C(NC(=O)CCc1c(C(N)C2CCCCC2)[nH]c2ccccc12)c1ccc(-c2ccccc2)cc1. The molecule has 6 heteroatoms. The van der Waals surface area contributed by atoms with Crippen LogP contribution in [0, 0.1) is 5.92 Å². The number of H-pyrrole nitrogens is 1. The lowest BCUT2D eigenvalue weighted by Crippen LogP contribution is -2.40. The minimum atomic E-state index is -0.751. The minimum absolute atomic E-state index is 0.0723. The van der Waals surface area contributed by atoms with Crippen LogP contribution < -0.4 is 11.1 Å². The molecule has 1 aliphatic carbocycles. The Bertz CT molecular complexity index is 1440. The van der Waals surface area contributed by atoms with Crippen LogP contribution in [0.3, 0.4) is 0 Å². The average molecular weight is 537 g/mol. The molecule has 0 aliphatic heterocycles. The highest BCUT2D eigenvalue weighted by molar-refractivity contribution is 5.89. The number of nitrogens with zero attached hydrogens (tertiary/aromatic N) is 1. The molecule has 6 nitrogen and oxygen atoms in total. The third kappa shape index (κ3) is 6.13. The van der Waals surface area contributed by atoms with Crippen molar-refractivity contribution in [2.24, 2.45) is 11.7 Å². The van der Waals surface area contributed by atoms with Gasteiger partial charge >= 0.3 is 0 Å². The zero-order valence-corrected chi connectivity index (χ0v) is 23.5. The van der Waals surface area contributed by atoms with Crippen molar-refractivity contribution in [1.82, 2.24) is 15.2 Å². The van der Waals surface area contributed by atoms with Gasteiger partial charge in [0.25, 0.3) is 0 Å². The maximum absolute atomic E-state index is 13.3. The smallest absolute Gasteiger partial charge is 0.249 e. The number of aromatic nitrogens is 1. The number of aryl methyl sites for hydroxylation is 1. The number of likely N-dealkylation sites (N-methyl/N-ethyl adjacent to an activating group) is 1. The first kappa shape index (κ1) is 27.7. The maximum atomic E-state index is 13.3. The van der Waals surface area contributed by atoms with Gasteiger partial charge in [0.1, 0.15) is 6.04 Å². The van der Waals surface area contributed by atoms with Crippen LogP contribution in [0.4, 0.5) is 0 Å². The second-order valence-electron chi connectivity index (χ2n) is 11.2. The Hall–Kier alpha value is -3.90. The summed E-state index contributed by atoms with van der Waals surface area (Å²) in [6.07, 6.45) is 6.85. The first-order valence-electron chi connectivity index (χ1n) is 14.4. The molecule has 4 aromatic rings. The van der Waals surface area contributed by atoms with Gasteiger partial charge in [-0.2, -0.15) is 0 Å². The van der Waals surface area contributed by atoms with Crippen LogP contribution in [0.15, 0.2) is 78.9 Å². The number of hydrogen-bond acceptors (Lipinski definition) is 3. The predicted octanol–water partition coefficient (Wildman–Crippen LogP) is 6.29. The topological polar surface area (TPSA) is 91.2 Å². The number of rotatable bonds is 9. The van der Waals surface area contributed by atoms with Crippen LogP contribution in [0.1, 0.15) is 67.4 Å². The molecule has 208 valence electrons. The highest BCUT2D eigenvalue weighted by Crippen LogP contribution is 2.36. The van der Waals surface area contributed by atoms with Gasteiger partial charge in [-0.25, -0.2) is 0 Å². The standard InChI is InChI=1S/C34H40N4O2/c1-38(2)34(40)32(26-19-17-24(18-20-26)23-11-5-3-6-12-23)37-30(39)22-21-28-27-15-9-10-16-29(27)36-33(28)31(35)25-13-7-4-8-14-25/h3,5-6,9-12,15-20,25,31-32,36H,4,7-8,13-14,21-22,35H2,1-2H3,(H,37,39). The molecule has 1 heterocycles. The van der Waals surface area contributed by atoms with Gasteiger partial charge in [-0.3, -0.25) is 9.59 Å². The summed E-state index contributed by atoms with van der Waals surface area (Å²) < 4.78 is 0. The van der Waals surface area contributed by atoms with Crippen LogP contribution in [0.25, 0.3) is 22.0 Å². The van der Waals surface area contributed by atoms with Crippen molar-refractivity contribution in [3.05, 3.63) is 95.7 Å². The van der Waals surface area contributed by atoms with Gasteiger partial charge in [0, 0.05) is 43.2 Å². The molecule has 0 radical (unpaired) electrons. The van der Waals surface area contributed by atoms with Crippen LogP contribution in [0.2, 0.25) is 0 Å². The van der Waals surface area contributed by atoms with E-state index in [4.69, 9.17) is 5.73 Å². The molecule has 40 heavy (non-hydrogen) atoms. The molecular formula is C34H40N4O2. The molecular weight excluding hydrogens is 496 g/mol. The normalized spacial score (nSPS) is 15.5. The Balaban J connectivity index is 1.33. The number of carbonyl (C=O) groups excluding carboxylic acids is 2. The molecule has 3 aromatic carbocycles. The number of para-hydroxylation sites is 1. The van der Waals surface area contributed by atoms with Gasteiger partial charge in [-0.1, -0.05) is 92.1 Å². The van der Waals surface area contributed by atoms with E-state index in [1.54, 1.807) is 14.1 Å². The van der Waals surface area contributed by atoms with E-state index in [1.807, 2.05) is 54.6 Å². The molecule has 2 unspecified atom stereocenters. The second kappa shape index (κ2) is 12.5. The zero-order chi connectivity index (χ0) is 28.1. The second-order valence-corrected chi connectivity index (χ2v) is 11.2. The summed E-state index contributed by atoms with van der Waals surface area (Å²) in [5, 5.41) is 4.14. The fraction of sp³-hybridized carbons (Fsp3) is 0.353. The monoisotopic (exact) mass is 536 g/mol. The Morgan fingerprint density at radius 3 is 2.25 bits per heavy atom. The first-order valence-corrected chi connectivity index (χ1v) is 14.4. The molecule has 1 fully saturated rings. The Morgan fingerprint density at radius 2 is 1.55 bits per heavy atom. The van der Waals surface area contributed by atoms with Gasteiger partial charge in [0.2, 0.25) is 11.8 Å². The number of amides is 2. The minimum Gasteiger partial charge on any atom is -0.357 e. The summed E-state index contributed by atoms with van der Waals surface area (Å²) in [5.74, 6) is 0.137. The summed E-state index contributed by atoms with van der Waals surface area (Å²) in [6, 6.07) is 25.3. The number of aromatic amines is 1. The molecule has 0 spiro atoms. The third-order valence-corrected chi connectivity index (χ3v) is 8.28. The Kier molecular flexibility index (Phi) is 8.66. The van der Waals surface area contributed by atoms with E-state index in [-0.39, 0.29) is 24.3 Å². The highest BCUT2D eigenvalue weighted by Gasteiger charge is 2.28. The van der Waals surface area contributed by atoms with Gasteiger partial charge in [-0.15, -0.1) is 0 Å².